The second-order valence-corrected chi connectivity index (χ2v) is 6.60. The van der Waals surface area contributed by atoms with Gasteiger partial charge >= 0.3 is 0 Å². The van der Waals surface area contributed by atoms with Crippen LogP contribution in [-0.2, 0) is 5.75 Å². The van der Waals surface area contributed by atoms with Gasteiger partial charge in [-0.1, -0.05) is 44.0 Å². The standard InChI is InChI=1S/C15H22N2S/c1-11-3-2-4-14(9-11)18-10-12-5-7-13(8-6-12)15(16)17/h5-8,11,14H,2-4,9-10H2,1H3,(H3,16,17). The number of hydrogen-bond donors (Lipinski definition) is 2. The number of nitrogens with two attached hydrogens (primary N) is 1. The molecule has 1 aliphatic carbocycles. The zero-order valence-electron chi connectivity index (χ0n) is 11.0. The maximum atomic E-state index is 7.36. The van der Waals surface area contributed by atoms with Gasteiger partial charge < -0.3 is 5.73 Å². The highest BCUT2D eigenvalue weighted by molar-refractivity contribution is 7.99. The van der Waals surface area contributed by atoms with E-state index in [1.165, 1.54) is 31.2 Å². The van der Waals surface area contributed by atoms with Crippen LogP contribution in [0.5, 0.6) is 0 Å². The van der Waals surface area contributed by atoms with Gasteiger partial charge in [-0.2, -0.15) is 11.8 Å². The van der Waals surface area contributed by atoms with E-state index >= 15 is 0 Å². The molecule has 0 bridgehead atoms. The first-order chi connectivity index (χ1) is 8.65. The van der Waals surface area contributed by atoms with E-state index in [4.69, 9.17) is 11.1 Å². The molecule has 1 aromatic carbocycles. The van der Waals surface area contributed by atoms with Crippen LogP contribution < -0.4 is 5.73 Å². The molecule has 0 amide bonds. The van der Waals surface area contributed by atoms with Crippen molar-refractivity contribution in [3.8, 4) is 0 Å². The summed E-state index contributed by atoms with van der Waals surface area (Å²) in [7, 11) is 0. The molecule has 0 aromatic heterocycles. The first-order valence-corrected chi connectivity index (χ1v) is 7.75. The summed E-state index contributed by atoms with van der Waals surface area (Å²) >= 11 is 2.08. The Bertz CT molecular complexity index is 399. The van der Waals surface area contributed by atoms with Crippen LogP contribution in [0.4, 0.5) is 0 Å². The summed E-state index contributed by atoms with van der Waals surface area (Å²) in [5.74, 6) is 2.13. The highest BCUT2D eigenvalue weighted by Gasteiger charge is 2.18. The van der Waals surface area contributed by atoms with Gasteiger partial charge in [0.1, 0.15) is 5.84 Å². The minimum Gasteiger partial charge on any atom is -0.384 e. The molecule has 0 spiro atoms. The molecule has 1 saturated carbocycles. The van der Waals surface area contributed by atoms with Crippen LogP contribution >= 0.6 is 11.8 Å². The number of amidine groups is 1. The van der Waals surface area contributed by atoms with Crippen molar-refractivity contribution in [2.24, 2.45) is 11.7 Å². The van der Waals surface area contributed by atoms with E-state index in [-0.39, 0.29) is 5.84 Å². The predicted molar refractivity (Wildman–Crippen MR) is 80.2 cm³/mol. The van der Waals surface area contributed by atoms with E-state index in [0.29, 0.717) is 0 Å². The fourth-order valence-corrected chi connectivity index (χ4v) is 3.94. The van der Waals surface area contributed by atoms with Crippen LogP contribution in [0.25, 0.3) is 0 Å². The van der Waals surface area contributed by atoms with Crippen molar-refractivity contribution in [1.82, 2.24) is 0 Å². The molecule has 1 aliphatic rings. The molecule has 2 unspecified atom stereocenters. The molecule has 2 atom stereocenters. The molecule has 2 rings (SSSR count). The quantitative estimate of drug-likeness (QED) is 0.641. The average molecular weight is 262 g/mol. The topological polar surface area (TPSA) is 49.9 Å². The number of rotatable bonds is 4. The van der Waals surface area contributed by atoms with E-state index in [9.17, 15) is 0 Å². The summed E-state index contributed by atoms with van der Waals surface area (Å²) in [4.78, 5) is 0. The Morgan fingerprint density at radius 2 is 2.06 bits per heavy atom. The second-order valence-electron chi connectivity index (χ2n) is 5.32. The number of nitrogens with one attached hydrogen (secondary N) is 1. The lowest BCUT2D eigenvalue weighted by Crippen LogP contribution is -2.15. The van der Waals surface area contributed by atoms with E-state index in [2.05, 4.69) is 30.8 Å². The minimum absolute atomic E-state index is 0.148. The molecule has 0 radical (unpaired) electrons. The van der Waals surface area contributed by atoms with E-state index in [0.717, 1.165) is 22.5 Å². The van der Waals surface area contributed by atoms with Crippen molar-refractivity contribution in [3.05, 3.63) is 35.4 Å². The van der Waals surface area contributed by atoms with Crippen molar-refractivity contribution in [1.29, 1.82) is 5.41 Å². The molecule has 0 saturated heterocycles. The Balaban J connectivity index is 1.84. The smallest absolute Gasteiger partial charge is 0.122 e. The Hall–Kier alpha value is -0.960. The van der Waals surface area contributed by atoms with Crippen LogP contribution in [0.15, 0.2) is 24.3 Å². The molecule has 2 nitrogen and oxygen atoms in total. The summed E-state index contributed by atoms with van der Waals surface area (Å²) in [6.07, 6.45) is 5.54. The van der Waals surface area contributed by atoms with Gasteiger partial charge in [0.05, 0.1) is 0 Å². The van der Waals surface area contributed by atoms with Gasteiger partial charge in [0.2, 0.25) is 0 Å². The number of hydrogen-bond acceptors (Lipinski definition) is 2. The normalized spacial score (nSPS) is 23.8. The van der Waals surface area contributed by atoms with Crippen molar-refractivity contribution >= 4 is 17.6 Å². The molecule has 18 heavy (non-hydrogen) atoms. The lowest BCUT2D eigenvalue weighted by Gasteiger charge is -2.26. The van der Waals surface area contributed by atoms with Crippen molar-refractivity contribution in [2.75, 3.05) is 0 Å². The molecule has 3 heteroatoms. The van der Waals surface area contributed by atoms with Gasteiger partial charge in [-0.3, -0.25) is 5.41 Å². The summed E-state index contributed by atoms with van der Waals surface area (Å²) in [5.41, 5.74) is 7.60. The highest BCUT2D eigenvalue weighted by atomic mass is 32.2. The Kier molecular flexibility index (Phi) is 4.70. The van der Waals surface area contributed by atoms with Gasteiger partial charge in [-0.15, -0.1) is 0 Å². The van der Waals surface area contributed by atoms with Gasteiger partial charge in [0, 0.05) is 16.6 Å². The fourth-order valence-electron chi connectivity index (χ4n) is 2.52. The molecule has 3 N–H and O–H groups in total. The number of nitrogen functional groups attached to an aromatic ring is 1. The molecule has 1 fully saturated rings. The van der Waals surface area contributed by atoms with Gasteiger partial charge in [0.25, 0.3) is 0 Å². The molecule has 0 aliphatic heterocycles. The van der Waals surface area contributed by atoms with Gasteiger partial charge in [-0.05, 0) is 24.3 Å². The minimum atomic E-state index is 0.148. The lowest BCUT2D eigenvalue weighted by atomic mass is 9.91. The summed E-state index contributed by atoms with van der Waals surface area (Å²) < 4.78 is 0. The third kappa shape index (κ3) is 3.77. The number of benzene rings is 1. The highest BCUT2D eigenvalue weighted by Crippen LogP contribution is 2.33. The van der Waals surface area contributed by atoms with Gasteiger partial charge in [0.15, 0.2) is 0 Å². The molecule has 1 aromatic rings. The summed E-state index contributed by atoms with van der Waals surface area (Å²) in [6.45, 7) is 2.37. The van der Waals surface area contributed by atoms with Crippen molar-refractivity contribution in [3.63, 3.8) is 0 Å². The van der Waals surface area contributed by atoms with E-state index in [1.54, 1.807) is 0 Å². The molecule has 98 valence electrons. The number of thioether (sulfide) groups is 1. The largest absolute Gasteiger partial charge is 0.384 e. The second kappa shape index (κ2) is 6.28. The van der Waals surface area contributed by atoms with Crippen LogP contribution in [0, 0.1) is 11.3 Å². The van der Waals surface area contributed by atoms with Gasteiger partial charge in [-0.25, -0.2) is 0 Å². The molecular formula is C15H22N2S. The zero-order valence-corrected chi connectivity index (χ0v) is 11.8. The Labute approximate surface area is 114 Å². The SMILES string of the molecule is CC1CCCC(SCc2ccc(C(=N)N)cc2)C1. The third-order valence-corrected chi connectivity index (χ3v) is 5.04. The van der Waals surface area contributed by atoms with Crippen molar-refractivity contribution < 1.29 is 0 Å². The van der Waals surface area contributed by atoms with Crippen LogP contribution in [0.3, 0.4) is 0 Å². The maximum absolute atomic E-state index is 7.36. The van der Waals surface area contributed by atoms with Crippen LogP contribution in [0.1, 0.15) is 43.7 Å². The third-order valence-electron chi connectivity index (χ3n) is 3.64. The van der Waals surface area contributed by atoms with Crippen LogP contribution in [-0.4, -0.2) is 11.1 Å². The Morgan fingerprint density at radius 1 is 1.33 bits per heavy atom. The lowest BCUT2D eigenvalue weighted by molar-refractivity contribution is 0.394. The van der Waals surface area contributed by atoms with Crippen LogP contribution in [0.2, 0.25) is 0 Å². The first-order valence-electron chi connectivity index (χ1n) is 6.70. The van der Waals surface area contributed by atoms with E-state index in [1.807, 2.05) is 12.1 Å². The van der Waals surface area contributed by atoms with Crippen molar-refractivity contribution in [2.45, 2.75) is 43.6 Å². The predicted octanol–water partition coefficient (Wildman–Crippen LogP) is 3.78. The van der Waals surface area contributed by atoms with E-state index < -0.39 is 0 Å². The first kappa shape index (κ1) is 13.5. The fraction of sp³-hybridized carbons (Fsp3) is 0.533. The average Bonchev–Trinajstić information content (AvgIpc) is 2.37. The summed E-state index contributed by atoms with van der Waals surface area (Å²) in [5, 5.41) is 8.20. The molecular weight excluding hydrogens is 240 g/mol. The molecule has 0 heterocycles. The Morgan fingerprint density at radius 3 is 2.67 bits per heavy atom. The summed E-state index contributed by atoms with van der Waals surface area (Å²) in [6, 6.07) is 8.08. The maximum Gasteiger partial charge on any atom is 0.122 e. The zero-order chi connectivity index (χ0) is 13.0. The monoisotopic (exact) mass is 262 g/mol.